The summed E-state index contributed by atoms with van der Waals surface area (Å²) in [7, 11) is 0. The van der Waals surface area contributed by atoms with E-state index in [2.05, 4.69) is 0 Å². The van der Waals surface area contributed by atoms with Crippen molar-refractivity contribution in [1.82, 2.24) is 0 Å². The van der Waals surface area contributed by atoms with Gasteiger partial charge in [-0.3, -0.25) is 0 Å². The van der Waals surface area contributed by atoms with Crippen LogP contribution in [0.1, 0.15) is 0 Å². The molecule has 4 heavy (non-hydrogen) atoms. The molecule has 0 saturated heterocycles. The molecular formula is AlGaInSb. The Morgan fingerprint density at radius 1 is 1.00 bits per heavy atom. The maximum absolute atomic E-state index is 0. The molecule has 0 unspecified atom stereocenters. The number of hydrogen-bond acceptors (Lipinski definition) is 0. The molecule has 12 radical (unpaired) electrons. The molecule has 14 valence electrons. The van der Waals surface area contributed by atoms with Gasteiger partial charge in [-0.15, -0.1) is 0 Å². The second-order valence-corrected chi connectivity index (χ2v) is 0. The second-order valence-electron chi connectivity index (χ2n) is 0. The standard InChI is InChI=1S/Al.Ga.In.Sb. The quantitative estimate of drug-likeness (QED) is 0.472. The molecule has 0 aromatic carbocycles. The zero-order chi connectivity index (χ0) is 0. The fourth-order valence-electron chi connectivity index (χ4n) is 0. The van der Waals surface area contributed by atoms with Crippen LogP contribution in [0, 0.1) is 0 Å². The molecule has 0 N–H and O–H groups in total. The Hall–Kier alpha value is 2.86. The van der Waals surface area contributed by atoms with Crippen LogP contribution in [0.3, 0.4) is 0 Å². The first-order valence-electron chi connectivity index (χ1n) is 0. The fraction of sp³-hybridized carbons (Fsp3) is 0. The molecule has 0 aliphatic rings. The van der Waals surface area contributed by atoms with Crippen molar-refractivity contribution in [3.05, 3.63) is 0 Å². The molecule has 0 fully saturated rings. The average Bonchev–Trinajstić information content (AvgIpc) is 0. The first-order chi connectivity index (χ1) is 0. The minimum absolute atomic E-state index is 0. The van der Waals surface area contributed by atoms with Gasteiger partial charge in [0.05, 0.1) is 0 Å². The van der Waals surface area contributed by atoms with Crippen molar-refractivity contribution >= 4 is 87.4 Å². The molecular weight excluding hydrogens is 333 g/mol. The molecule has 0 spiro atoms. The topological polar surface area (TPSA) is 0 Å². The van der Waals surface area contributed by atoms with E-state index >= 15 is 0 Å². The minimum atomic E-state index is 0. The number of hydrogen-bond donors (Lipinski definition) is 0. The van der Waals surface area contributed by atoms with Crippen LogP contribution in [0.25, 0.3) is 0 Å². The van der Waals surface area contributed by atoms with E-state index in [-0.39, 0.29) is 87.4 Å². The van der Waals surface area contributed by atoms with Crippen molar-refractivity contribution in [2.45, 2.75) is 0 Å². The molecule has 0 saturated carbocycles. The van der Waals surface area contributed by atoms with Crippen molar-refractivity contribution in [2.75, 3.05) is 0 Å². The zero-order valence-electron chi connectivity index (χ0n) is 2.18. The number of rotatable bonds is 0. The molecule has 0 amide bonds. The van der Waals surface area contributed by atoms with E-state index in [4.69, 9.17) is 0 Å². The van der Waals surface area contributed by atoms with Gasteiger partial charge in [0.25, 0.3) is 0 Å². The molecule has 0 nitrogen and oxygen atoms in total. The van der Waals surface area contributed by atoms with Gasteiger partial charge in [0.15, 0.2) is 0 Å². The summed E-state index contributed by atoms with van der Waals surface area (Å²) < 4.78 is 0. The van der Waals surface area contributed by atoms with Crippen LogP contribution in [-0.2, 0) is 0 Å². The van der Waals surface area contributed by atoms with Crippen molar-refractivity contribution in [3.8, 4) is 0 Å². The van der Waals surface area contributed by atoms with E-state index in [0.717, 1.165) is 0 Å². The van der Waals surface area contributed by atoms with Crippen LogP contribution in [0.4, 0.5) is 0 Å². The van der Waals surface area contributed by atoms with E-state index in [1.54, 1.807) is 0 Å². The van der Waals surface area contributed by atoms with Crippen LogP contribution < -0.4 is 0 Å². The van der Waals surface area contributed by atoms with Gasteiger partial charge in [-0.1, -0.05) is 0 Å². The van der Waals surface area contributed by atoms with Gasteiger partial charge in [-0.2, -0.15) is 0 Å². The largest absolute Gasteiger partial charge is 0 e. The van der Waals surface area contributed by atoms with Crippen molar-refractivity contribution in [3.63, 3.8) is 0 Å². The van der Waals surface area contributed by atoms with Crippen LogP contribution >= 0.6 is 0 Å². The van der Waals surface area contributed by atoms with Crippen molar-refractivity contribution in [2.24, 2.45) is 0 Å². The molecule has 0 atom stereocenters. The molecule has 0 aromatic heterocycles. The van der Waals surface area contributed by atoms with E-state index in [1.165, 1.54) is 0 Å². The smallest absolute Gasteiger partial charge is 0 e. The van der Waals surface area contributed by atoms with E-state index in [9.17, 15) is 0 Å². The van der Waals surface area contributed by atoms with Gasteiger partial charge in [0.1, 0.15) is 0 Å². The maximum Gasteiger partial charge on any atom is 0 e. The minimum Gasteiger partial charge on any atom is 0 e. The molecule has 0 aliphatic carbocycles. The van der Waals surface area contributed by atoms with Crippen LogP contribution in [0.15, 0.2) is 0 Å². The molecule has 4 heteroatoms. The molecule has 0 heterocycles. The summed E-state index contributed by atoms with van der Waals surface area (Å²) in [6.07, 6.45) is 0. The van der Waals surface area contributed by atoms with Crippen molar-refractivity contribution < 1.29 is 0 Å². The third kappa shape index (κ3) is 8.85. The predicted octanol–water partition coefficient (Wildman–Crippen LogP) is -1.52. The SMILES string of the molecule is [Al].[Ga].[In].[Sb]. The summed E-state index contributed by atoms with van der Waals surface area (Å²) in [6.45, 7) is 0. The Balaban J connectivity index is 0. The summed E-state index contributed by atoms with van der Waals surface area (Å²) in [5, 5.41) is 0. The Labute approximate surface area is 85.9 Å². The molecule has 0 aromatic rings. The summed E-state index contributed by atoms with van der Waals surface area (Å²) in [6, 6.07) is 0. The normalized spacial score (nSPS) is 0. The fourth-order valence-corrected chi connectivity index (χ4v) is 0. The van der Waals surface area contributed by atoms with Gasteiger partial charge in [-0.25, -0.2) is 0 Å². The maximum atomic E-state index is 0. The van der Waals surface area contributed by atoms with Crippen LogP contribution in [-0.4, -0.2) is 87.4 Å². The summed E-state index contributed by atoms with van der Waals surface area (Å²) >= 11 is 0. The second kappa shape index (κ2) is 16.9. The van der Waals surface area contributed by atoms with Gasteiger partial charge < -0.3 is 0 Å². The summed E-state index contributed by atoms with van der Waals surface area (Å²) in [5.41, 5.74) is 0. The first kappa shape index (κ1) is 28.8. The van der Waals surface area contributed by atoms with E-state index in [0.29, 0.717) is 0 Å². The average molecular weight is 333 g/mol. The first-order valence-corrected chi connectivity index (χ1v) is 0. The monoisotopic (exact) mass is 332 g/mol. The summed E-state index contributed by atoms with van der Waals surface area (Å²) in [5.74, 6) is 0. The Morgan fingerprint density at radius 2 is 1.00 bits per heavy atom. The zero-order valence-corrected chi connectivity index (χ0v) is 11.6. The van der Waals surface area contributed by atoms with Gasteiger partial charge in [0.2, 0.25) is 0 Å². The van der Waals surface area contributed by atoms with Gasteiger partial charge in [0, 0.05) is 87.4 Å². The third-order valence-electron chi connectivity index (χ3n) is 0. The van der Waals surface area contributed by atoms with Crippen molar-refractivity contribution in [1.29, 1.82) is 0 Å². The summed E-state index contributed by atoms with van der Waals surface area (Å²) in [4.78, 5) is 0. The Bertz CT molecular complexity index is 8.00. The molecule has 0 bridgehead atoms. The van der Waals surface area contributed by atoms with Gasteiger partial charge in [-0.05, 0) is 0 Å². The van der Waals surface area contributed by atoms with E-state index < -0.39 is 0 Å². The van der Waals surface area contributed by atoms with Gasteiger partial charge >= 0.3 is 0 Å². The van der Waals surface area contributed by atoms with Crippen LogP contribution in [0.5, 0.6) is 0 Å². The van der Waals surface area contributed by atoms with Crippen LogP contribution in [0.2, 0.25) is 0 Å². The van der Waals surface area contributed by atoms with E-state index in [1.807, 2.05) is 0 Å². The molecule has 0 aliphatic heterocycles. The Kier molecular flexibility index (Phi) is 122. The predicted molar refractivity (Wildman–Crippen MR) is 23.0 cm³/mol. The third-order valence-corrected chi connectivity index (χ3v) is 0. The Morgan fingerprint density at radius 3 is 1.00 bits per heavy atom. The molecule has 0 rings (SSSR count).